The van der Waals surface area contributed by atoms with Gasteiger partial charge in [-0.25, -0.2) is 19.2 Å². The zero-order valence-corrected chi connectivity index (χ0v) is 16.9. The molecule has 0 aliphatic rings. The van der Waals surface area contributed by atoms with Gasteiger partial charge in [0.15, 0.2) is 5.82 Å². The van der Waals surface area contributed by atoms with Crippen molar-refractivity contribution in [2.45, 2.75) is 34.1 Å². The molecule has 2 rings (SSSR count). The SMILES string of the molecule is CCC.CCOC(=O)c1ccncnc(Nc2ccc(F)cc2O)c(C)n1C. The number of carbonyl (C=O) groups excluding carboxylic acids is 1. The van der Waals surface area contributed by atoms with Crippen LogP contribution in [0.3, 0.4) is 0 Å². The van der Waals surface area contributed by atoms with Crippen LogP contribution >= 0.6 is 0 Å². The summed E-state index contributed by atoms with van der Waals surface area (Å²) in [5.74, 6) is -0.982. The summed E-state index contributed by atoms with van der Waals surface area (Å²) in [6.45, 7) is 7.95. The zero-order valence-electron chi connectivity index (χ0n) is 16.9. The molecule has 0 saturated carbocycles. The van der Waals surface area contributed by atoms with Gasteiger partial charge in [0.05, 0.1) is 18.0 Å². The molecule has 0 saturated heterocycles. The first-order valence-electron chi connectivity index (χ1n) is 8.98. The molecule has 1 aromatic heterocycles. The van der Waals surface area contributed by atoms with E-state index in [9.17, 15) is 14.3 Å². The van der Waals surface area contributed by atoms with Gasteiger partial charge in [-0.1, -0.05) is 20.3 Å². The van der Waals surface area contributed by atoms with Crippen LogP contribution in [0.4, 0.5) is 15.9 Å². The first-order valence-corrected chi connectivity index (χ1v) is 8.98. The van der Waals surface area contributed by atoms with Crippen LogP contribution in [0.1, 0.15) is 43.4 Å². The average molecular weight is 390 g/mol. The van der Waals surface area contributed by atoms with E-state index in [4.69, 9.17) is 4.74 Å². The number of hydrogen-bond acceptors (Lipinski definition) is 6. The van der Waals surface area contributed by atoms with Gasteiger partial charge in [0, 0.05) is 19.3 Å². The topological polar surface area (TPSA) is 89.3 Å². The molecule has 152 valence electrons. The van der Waals surface area contributed by atoms with E-state index in [1.54, 1.807) is 25.5 Å². The molecule has 2 aromatic rings. The van der Waals surface area contributed by atoms with E-state index in [0.29, 0.717) is 11.5 Å². The fourth-order valence-electron chi connectivity index (χ4n) is 2.06. The lowest BCUT2D eigenvalue weighted by molar-refractivity contribution is 0.0514. The Morgan fingerprint density at radius 2 is 1.96 bits per heavy atom. The summed E-state index contributed by atoms with van der Waals surface area (Å²) >= 11 is 0. The van der Waals surface area contributed by atoms with Crippen LogP contribution in [-0.4, -0.2) is 32.2 Å². The highest BCUT2D eigenvalue weighted by Crippen LogP contribution is 2.27. The summed E-state index contributed by atoms with van der Waals surface area (Å²) in [6, 6.07) is 5.11. The molecule has 0 radical (unpaired) electrons. The minimum atomic E-state index is -0.555. The van der Waals surface area contributed by atoms with Gasteiger partial charge in [-0.15, -0.1) is 0 Å². The molecule has 0 spiro atoms. The molecule has 0 amide bonds. The van der Waals surface area contributed by atoms with Gasteiger partial charge < -0.3 is 19.7 Å². The number of phenolic OH excluding ortho intramolecular Hbond substituents is 1. The number of nitrogens with zero attached hydrogens (tertiary/aromatic N) is 3. The Balaban J connectivity index is 0.00000122. The van der Waals surface area contributed by atoms with Gasteiger partial charge in [-0.05, 0) is 32.0 Å². The van der Waals surface area contributed by atoms with E-state index in [-0.39, 0.29) is 23.7 Å². The van der Waals surface area contributed by atoms with E-state index in [1.807, 2.05) is 0 Å². The highest BCUT2D eigenvalue weighted by Gasteiger charge is 2.12. The van der Waals surface area contributed by atoms with Crippen LogP contribution in [0.5, 0.6) is 5.75 Å². The maximum atomic E-state index is 13.1. The quantitative estimate of drug-likeness (QED) is 0.593. The number of esters is 1. The van der Waals surface area contributed by atoms with Crippen molar-refractivity contribution in [1.82, 2.24) is 14.5 Å². The van der Waals surface area contributed by atoms with Gasteiger partial charge in [0.25, 0.3) is 0 Å². The van der Waals surface area contributed by atoms with Crippen molar-refractivity contribution in [1.29, 1.82) is 0 Å². The number of aromatic hydroxyl groups is 1. The van der Waals surface area contributed by atoms with Crippen LogP contribution in [-0.2, 0) is 11.8 Å². The third-order valence-electron chi connectivity index (χ3n) is 3.48. The number of anilines is 2. The molecule has 2 N–H and O–H groups in total. The van der Waals surface area contributed by atoms with Crippen LogP contribution in [0.15, 0.2) is 36.8 Å². The van der Waals surface area contributed by atoms with Crippen molar-refractivity contribution in [3.05, 3.63) is 54.0 Å². The number of phenols is 1. The summed E-state index contributed by atoms with van der Waals surface area (Å²) in [4.78, 5) is 20.3. The average Bonchev–Trinajstić information content (AvgIpc) is 2.70. The van der Waals surface area contributed by atoms with E-state index < -0.39 is 11.8 Å². The van der Waals surface area contributed by atoms with Gasteiger partial charge in [-0.2, -0.15) is 0 Å². The lowest BCUT2D eigenvalue weighted by atomic mass is 10.2. The van der Waals surface area contributed by atoms with Crippen molar-refractivity contribution in [3.8, 4) is 5.75 Å². The highest BCUT2D eigenvalue weighted by atomic mass is 19.1. The monoisotopic (exact) mass is 390 g/mol. The van der Waals surface area contributed by atoms with Gasteiger partial charge >= 0.3 is 5.97 Å². The molecule has 0 bridgehead atoms. The normalized spacial score (nSPS) is 9.64. The first kappa shape index (κ1) is 22.9. The Labute approximate surface area is 164 Å². The third kappa shape index (κ3) is 6.53. The number of carbonyl (C=O) groups is 1. The molecule has 0 aliphatic carbocycles. The van der Waals surface area contributed by atoms with Crippen molar-refractivity contribution in [2.24, 2.45) is 7.05 Å². The number of ether oxygens (including phenoxy) is 1. The molecule has 8 heteroatoms. The number of rotatable bonds is 4. The number of aromatic nitrogens is 3. The van der Waals surface area contributed by atoms with E-state index in [2.05, 4.69) is 29.1 Å². The molecular formula is C20H27FN4O3. The Bertz CT molecular complexity index is 851. The smallest absolute Gasteiger partial charge is 0.354 e. The lowest BCUT2D eigenvalue weighted by Gasteiger charge is -2.13. The second kappa shape index (κ2) is 11.5. The van der Waals surface area contributed by atoms with E-state index in [1.165, 1.54) is 37.1 Å². The fraction of sp³-hybridized carbons (Fsp3) is 0.350. The molecule has 0 unspecified atom stereocenters. The first-order chi connectivity index (χ1) is 13.3. The zero-order chi connectivity index (χ0) is 21.1. The molecule has 28 heavy (non-hydrogen) atoms. The predicted octanol–water partition coefficient (Wildman–Crippen LogP) is 4.43. The van der Waals surface area contributed by atoms with Crippen LogP contribution in [0, 0.1) is 12.7 Å². The van der Waals surface area contributed by atoms with Crippen LogP contribution < -0.4 is 5.32 Å². The van der Waals surface area contributed by atoms with Crippen LogP contribution in [0.25, 0.3) is 0 Å². The summed E-state index contributed by atoms with van der Waals surface area (Å²) in [5.41, 5.74) is 1.12. The Hall–Kier alpha value is -3.16. The Morgan fingerprint density at radius 3 is 2.57 bits per heavy atom. The van der Waals surface area contributed by atoms with Gasteiger partial charge in [0.2, 0.25) is 0 Å². The van der Waals surface area contributed by atoms with E-state index >= 15 is 0 Å². The van der Waals surface area contributed by atoms with Crippen LogP contribution in [0.2, 0.25) is 0 Å². The fourth-order valence-corrected chi connectivity index (χ4v) is 2.06. The second-order valence-corrected chi connectivity index (χ2v) is 5.80. The second-order valence-electron chi connectivity index (χ2n) is 5.80. The summed E-state index contributed by atoms with van der Waals surface area (Å²) in [7, 11) is 1.68. The number of nitrogens with one attached hydrogen (secondary N) is 1. The van der Waals surface area contributed by atoms with Crippen molar-refractivity contribution < 1.29 is 19.0 Å². The van der Waals surface area contributed by atoms with Gasteiger partial charge in [0.1, 0.15) is 23.6 Å². The highest BCUT2D eigenvalue weighted by molar-refractivity contribution is 5.87. The molecule has 0 atom stereocenters. The number of hydrogen-bond donors (Lipinski definition) is 2. The molecule has 1 heterocycles. The number of benzene rings is 1. The summed E-state index contributed by atoms with van der Waals surface area (Å²) < 4.78 is 19.8. The minimum absolute atomic E-state index is 0.245. The van der Waals surface area contributed by atoms with Crippen molar-refractivity contribution in [3.63, 3.8) is 0 Å². The molecule has 0 fully saturated rings. The maximum absolute atomic E-state index is 13.1. The minimum Gasteiger partial charge on any atom is -0.506 e. The molecular weight excluding hydrogens is 363 g/mol. The molecule has 0 aliphatic heterocycles. The largest absolute Gasteiger partial charge is 0.506 e. The van der Waals surface area contributed by atoms with Crippen molar-refractivity contribution >= 4 is 17.5 Å². The van der Waals surface area contributed by atoms with Gasteiger partial charge in [-0.3, -0.25) is 0 Å². The standard InChI is InChI=1S/C17H19FN4O3.C3H8/c1-4-25-17(24)14-7-8-19-10-20-16(11(2)22(14)3)21-13-6-5-12(18)9-15(13)23;1-3-2/h5-10,21,23H,4H2,1-3H3;3H2,1-2H3. The molecule has 7 nitrogen and oxygen atoms in total. The Morgan fingerprint density at radius 1 is 1.29 bits per heavy atom. The van der Waals surface area contributed by atoms with Crippen molar-refractivity contribution in [2.75, 3.05) is 11.9 Å². The Kier molecular flexibility index (Phi) is 9.42. The van der Waals surface area contributed by atoms with E-state index in [0.717, 1.165) is 6.07 Å². The number of halogens is 1. The predicted molar refractivity (Wildman–Crippen MR) is 107 cm³/mol. The molecule has 1 aromatic carbocycles. The maximum Gasteiger partial charge on any atom is 0.354 e. The summed E-state index contributed by atoms with van der Waals surface area (Å²) in [6.07, 6.45) is 3.97. The summed E-state index contributed by atoms with van der Waals surface area (Å²) in [5, 5.41) is 12.8. The third-order valence-corrected chi connectivity index (χ3v) is 3.48. The lowest BCUT2D eigenvalue weighted by Crippen LogP contribution is -2.13.